The largest absolute Gasteiger partial charge is 0.336 e. The van der Waals surface area contributed by atoms with Gasteiger partial charge in [-0.25, -0.2) is 4.68 Å². The first-order valence-electron chi connectivity index (χ1n) is 10.1. The summed E-state index contributed by atoms with van der Waals surface area (Å²) >= 11 is 0. The average molecular weight is 386 g/mol. The predicted octanol–water partition coefficient (Wildman–Crippen LogP) is 3.08. The zero-order chi connectivity index (χ0) is 20.6. The molecule has 5 nitrogen and oxygen atoms in total. The van der Waals surface area contributed by atoms with Gasteiger partial charge in [-0.05, 0) is 67.3 Å². The highest BCUT2D eigenvalue weighted by molar-refractivity contribution is 5.85. The van der Waals surface area contributed by atoms with Gasteiger partial charge in [0.05, 0.1) is 17.0 Å². The summed E-state index contributed by atoms with van der Waals surface area (Å²) in [5.74, 6) is 6.19. The molecule has 1 aliphatic carbocycles. The van der Waals surface area contributed by atoms with Crippen molar-refractivity contribution < 1.29 is 0 Å². The van der Waals surface area contributed by atoms with Crippen molar-refractivity contribution in [1.82, 2.24) is 4.68 Å². The average Bonchev–Trinajstić information content (AvgIpc) is 2.77. The number of pyridine rings is 1. The van der Waals surface area contributed by atoms with Gasteiger partial charge in [0, 0.05) is 17.5 Å². The number of nitrogen functional groups attached to an aromatic ring is 1. The molecular weight excluding hydrogens is 360 g/mol. The number of aryl methyl sites for hydroxylation is 1. The van der Waals surface area contributed by atoms with Crippen LogP contribution in [0.3, 0.4) is 0 Å². The van der Waals surface area contributed by atoms with Crippen molar-refractivity contribution in [3.05, 3.63) is 80.6 Å². The van der Waals surface area contributed by atoms with Gasteiger partial charge < -0.3 is 11.6 Å². The summed E-state index contributed by atoms with van der Waals surface area (Å²) in [6.45, 7) is 2.40. The molecule has 29 heavy (non-hydrogen) atoms. The lowest BCUT2D eigenvalue weighted by Gasteiger charge is -2.25. The Morgan fingerprint density at radius 3 is 2.55 bits per heavy atom. The molecule has 148 valence electrons. The van der Waals surface area contributed by atoms with Crippen LogP contribution in [0.4, 0.5) is 0 Å². The van der Waals surface area contributed by atoms with Gasteiger partial charge in [-0.2, -0.15) is 5.26 Å². The fraction of sp³-hybridized carbons (Fsp3) is 0.333. The van der Waals surface area contributed by atoms with Crippen LogP contribution < -0.4 is 17.1 Å². The van der Waals surface area contributed by atoms with Gasteiger partial charge in [0.15, 0.2) is 0 Å². The highest BCUT2D eigenvalue weighted by Gasteiger charge is 2.28. The zero-order valence-corrected chi connectivity index (χ0v) is 16.7. The lowest BCUT2D eigenvalue weighted by molar-refractivity contribution is 0.606. The molecule has 3 aromatic rings. The smallest absolute Gasteiger partial charge is 0.272 e. The van der Waals surface area contributed by atoms with Crippen LogP contribution in [0.25, 0.3) is 10.9 Å². The van der Waals surface area contributed by atoms with Crippen molar-refractivity contribution in [3.63, 3.8) is 0 Å². The van der Waals surface area contributed by atoms with E-state index in [2.05, 4.69) is 6.07 Å². The first-order valence-corrected chi connectivity index (χ1v) is 10.1. The molecule has 1 unspecified atom stereocenters. The second-order valence-electron chi connectivity index (χ2n) is 8.22. The standard InChI is InChI=1S/C24H26N4O/c1-24(15-26,13-16-5-4-6-17(11-16)14-25)18-9-10-20-19-7-2-3-8-21(19)23(29)28(27)22(20)12-18/h4-6,9-12H,2-3,7-8,13-14,25,27H2,1H3. The number of aromatic nitrogens is 1. The van der Waals surface area contributed by atoms with Crippen LogP contribution in [0.2, 0.25) is 0 Å². The summed E-state index contributed by atoms with van der Waals surface area (Å²) in [7, 11) is 0. The normalized spacial score (nSPS) is 15.5. The Morgan fingerprint density at radius 2 is 1.83 bits per heavy atom. The van der Waals surface area contributed by atoms with Gasteiger partial charge in [-0.15, -0.1) is 0 Å². The molecule has 1 aromatic heterocycles. The van der Waals surface area contributed by atoms with E-state index in [4.69, 9.17) is 11.6 Å². The van der Waals surface area contributed by atoms with E-state index in [0.717, 1.165) is 58.9 Å². The molecule has 0 aliphatic heterocycles. The summed E-state index contributed by atoms with van der Waals surface area (Å²) in [5.41, 5.74) is 10.5. The van der Waals surface area contributed by atoms with Crippen molar-refractivity contribution in [2.24, 2.45) is 5.73 Å². The first kappa shape index (κ1) is 19.2. The monoisotopic (exact) mass is 386 g/mol. The van der Waals surface area contributed by atoms with Gasteiger partial charge in [0.2, 0.25) is 0 Å². The summed E-state index contributed by atoms with van der Waals surface area (Å²) < 4.78 is 1.26. The molecule has 0 radical (unpaired) electrons. The summed E-state index contributed by atoms with van der Waals surface area (Å²) in [6.07, 6.45) is 4.37. The van der Waals surface area contributed by atoms with Crippen LogP contribution in [0.1, 0.15) is 47.6 Å². The Kier molecular flexibility index (Phi) is 4.89. The number of nitriles is 1. The van der Waals surface area contributed by atoms with E-state index in [9.17, 15) is 10.1 Å². The number of hydrogen-bond donors (Lipinski definition) is 2. The maximum Gasteiger partial charge on any atom is 0.272 e. The third kappa shape index (κ3) is 3.30. The lowest BCUT2D eigenvalue weighted by atomic mass is 9.77. The van der Waals surface area contributed by atoms with Crippen molar-refractivity contribution in [2.75, 3.05) is 5.84 Å². The first-order chi connectivity index (χ1) is 14.0. The number of nitrogens with two attached hydrogens (primary N) is 2. The Hall–Kier alpha value is -3.10. The van der Waals surface area contributed by atoms with Crippen LogP contribution in [0, 0.1) is 11.3 Å². The van der Waals surface area contributed by atoms with Crippen LogP contribution in [-0.2, 0) is 31.2 Å². The summed E-state index contributed by atoms with van der Waals surface area (Å²) in [6, 6.07) is 16.5. The van der Waals surface area contributed by atoms with E-state index in [1.807, 2.05) is 49.4 Å². The molecule has 4 N–H and O–H groups in total. The minimum Gasteiger partial charge on any atom is -0.336 e. The van der Waals surface area contributed by atoms with Gasteiger partial charge in [0.25, 0.3) is 5.56 Å². The molecule has 2 aromatic carbocycles. The van der Waals surface area contributed by atoms with Crippen LogP contribution in [0.15, 0.2) is 47.3 Å². The van der Waals surface area contributed by atoms with E-state index in [1.54, 1.807) is 0 Å². The minimum absolute atomic E-state index is 0.112. The molecule has 0 amide bonds. The van der Waals surface area contributed by atoms with E-state index < -0.39 is 5.41 Å². The van der Waals surface area contributed by atoms with Gasteiger partial charge in [-0.1, -0.05) is 36.4 Å². The molecular formula is C24H26N4O. The number of hydrogen-bond acceptors (Lipinski definition) is 4. The third-order valence-corrected chi connectivity index (χ3v) is 6.20. The number of rotatable bonds is 4. The van der Waals surface area contributed by atoms with Gasteiger partial charge in [-0.3, -0.25) is 4.79 Å². The Balaban J connectivity index is 1.83. The second-order valence-corrected chi connectivity index (χ2v) is 8.22. The molecule has 1 atom stereocenters. The van der Waals surface area contributed by atoms with Crippen molar-refractivity contribution in [1.29, 1.82) is 5.26 Å². The van der Waals surface area contributed by atoms with Crippen molar-refractivity contribution in [3.8, 4) is 6.07 Å². The maximum absolute atomic E-state index is 12.8. The summed E-state index contributed by atoms with van der Waals surface area (Å²) in [4.78, 5) is 12.8. The highest BCUT2D eigenvalue weighted by atomic mass is 16.1. The molecule has 0 bridgehead atoms. The van der Waals surface area contributed by atoms with Gasteiger partial charge in [0.1, 0.15) is 0 Å². The van der Waals surface area contributed by atoms with E-state index in [-0.39, 0.29) is 5.56 Å². The number of fused-ring (bicyclic) bond motifs is 3. The maximum atomic E-state index is 12.8. The Bertz CT molecular complexity index is 1190. The van der Waals surface area contributed by atoms with Crippen molar-refractivity contribution in [2.45, 2.75) is 51.0 Å². The molecule has 0 saturated heterocycles. The fourth-order valence-corrected chi connectivity index (χ4v) is 4.50. The van der Waals surface area contributed by atoms with Crippen LogP contribution in [0.5, 0.6) is 0 Å². The molecule has 5 heteroatoms. The molecule has 1 aliphatic rings. The third-order valence-electron chi connectivity index (χ3n) is 6.20. The zero-order valence-electron chi connectivity index (χ0n) is 16.7. The van der Waals surface area contributed by atoms with E-state index in [0.29, 0.717) is 18.5 Å². The molecule has 4 rings (SSSR count). The quantitative estimate of drug-likeness (QED) is 0.673. The Morgan fingerprint density at radius 1 is 1.10 bits per heavy atom. The minimum atomic E-state index is -0.743. The molecule has 0 fully saturated rings. The van der Waals surface area contributed by atoms with Crippen molar-refractivity contribution >= 4 is 10.9 Å². The highest BCUT2D eigenvalue weighted by Crippen LogP contribution is 2.32. The Labute approximate surface area is 170 Å². The van der Waals surface area contributed by atoms with Gasteiger partial charge >= 0.3 is 0 Å². The summed E-state index contributed by atoms with van der Waals surface area (Å²) in [5, 5.41) is 11.1. The molecule has 1 heterocycles. The SMILES string of the molecule is CC(C#N)(Cc1cccc(CN)c1)c1ccc2c3c(c(=O)n(N)c2c1)CCCC3. The predicted molar refractivity (Wildman–Crippen MR) is 116 cm³/mol. The van der Waals surface area contributed by atoms with Crippen LogP contribution in [-0.4, -0.2) is 4.68 Å². The fourth-order valence-electron chi connectivity index (χ4n) is 4.50. The van der Waals surface area contributed by atoms with E-state index in [1.165, 1.54) is 4.68 Å². The number of benzene rings is 2. The van der Waals surface area contributed by atoms with Crippen LogP contribution >= 0.6 is 0 Å². The lowest BCUT2D eigenvalue weighted by Crippen LogP contribution is -2.33. The number of nitrogens with zero attached hydrogens (tertiary/aromatic N) is 2. The molecule has 0 spiro atoms. The molecule has 0 saturated carbocycles. The van der Waals surface area contributed by atoms with E-state index >= 15 is 0 Å². The second kappa shape index (κ2) is 7.38. The topological polar surface area (TPSA) is 97.8 Å².